The van der Waals surface area contributed by atoms with Crippen LogP contribution in [0.5, 0.6) is 11.5 Å². The third kappa shape index (κ3) is 6.34. The minimum atomic E-state index is -1.00. The van der Waals surface area contributed by atoms with E-state index in [1.807, 2.05) is 0 Å². The first-order chi connectivity index (χ1) is 17.8. The first kappa shape index (κ1) is 26.7. The molecule has 194 valence electrons. The van der Waals surface area contributed by atoms with Gasteiger partial charge in [-0.2, -0.15) is 0 Å². The van der Waals surface area contributed by atoms with Gasteiger partial charge < -0.3 is 19.5 Å². The Bertz CT molecular complexity index is 1260. The van der Waals surface area contributed by atoms with Gasteiger partial charge in [0.2, 0.25) is 5.91 Å². The first-order valence-electron chi connectivity index (χ1n) is 11.6. The number of methoxy groups -OCH3 is 1. The Morgan fingerprint density at radius 1 is 1.11 bits per heavy atom. The zero-order valence-corrected chi connectivity index (χ0v) is 22.5. The van der Waals surface area contributed by atoms with Crippen molar-refractivity contribution < 1.29 is 33.8 Å². The van der Waals surface area contributed by atoms with Crippen molar-refractivity contribution in [2.45, 2.75) is 25.9 Å². The Morgan fingerprint density at radius 2 is 1.81 bits per heavy atom. The van der Waals surface area contributed by atoms with Crippen LogP contribution in [0.15, 0.2) is 45.8 Å². The molecule has 2 saturated heterocycles. The smallest absolute Gasteiger partial charge is 0.335 e. The van der Waals surface area contributed by atoms with E-state index in [0.29, 0.717) is 34.6 Å². The lowest BCUT2D eigenvalue weighted by atomic mass is 10.1. The molecule has 1 N–H and O–H groups in total. The van der Waals surface area contributed by atoms with E-state index in [1.165, 1.54) is 19.2 Å². The summed E-state index contributed by atoms with van der Waals surface area (Å²) < 4.78 is 12.0. The maximum atomic E-state index is 12.9. The third-order valence-electron chi connectivity index (χ3n) is 6.01. The van der Waals surface area contributed by atoms with Gasteiger partial charge in [-0.3, -0.25) is 19.3 Å². The molecule has 0 unspecified atom stereocenters. The number of benzene rings is 2. The molecule has 37 heavy (non-hydrogen) atoms. The molecule has 11 heteroatoms. The number of nitrogens with zero attached hydrogens (tertiary/aromatic N) is 2. The maximum absolute atomic E-state index is 12.9. The molecule has 0 radical (unpaired) electrons. The first-order valence-corrected chi connectivity index (χ1v) is 13.2. The molecular formula is C26H25BrN2O7S. The molecule has 9 nitrogen and oxygen atoms in total. The van der Waals surface area contributed by atoms with Crippen LogP contribution in [0.1, 0.15) is 40.7 Å². The van der Waals surface area contributed by atoms with Gasteiger partial charge in [0.25, 0.3) is 11.1 Å². The van der Waals surface area contributed by atoms with Crippen LogP contribution >= 0.6 is 27.7 Å². The molecule has 2 aromatic rings. The van der Waals surface area contributed by atoms with Gasteiger partial charge in [-0.15, -0.1) is 0 Å². The highest BCUT2D eigenvalue weighted by Gasteiger charge is 2.37. The molecule has 0 saturated carbocycles. The van der Waals surface area contributed by atoms with Crippen LogP contribution in [0.2, 0.25) is 0 Å². The molecule has 2 aromatic carbocycles. The summed E-state index contributed by atoms with van der Waals surface area (Å²) in [4.78, 5) is 51.9. The van der Waals surface area contributed by atoms with Gasteiger partial charge in [0, 0.05) is 13.1 Å². The van der Waals surface area contributed by atoms with E-state index in [-0.39, 0.29) is 29.5 Å². The molecule has 3 amide bonds. The van der Waals surface area contributed by atoms with Crippen LogP contribution in [-0.2, 0) is 16.2 Å². The zero-order valence-electron chi connectivity index (χ0n) is 20.1. The summed E-state index contributed by atoms with van der Waals surface area (Å²) in [6.07, 6.45) is 4.52. The minimum Gasteiger partial charge on any atom is -0.493 e. The highest BCUT2D eigenvalue weighted by Crippen LogP contribution is 2.39. The number of carboxylic acids is 1. The monoisotopic (exact) mass is 588 g/mol. The zero-order chi connectivity index (χ0) is 26.5. The highest BCUT2D eigenvalue weighted by molar-refractivity contribution is 9.10. The second kappa shape index (κ2) is 11.8. The number of imide groups is 1. The maximum Gasteiger partial charge on any atom is 0.335 e. The average molecular weight is 589 g/mol. The Kier molecular flexibility index (Phi) is 8.55. The number of carboxylic acid groups (broad SMARTS) is 1. The van der Waals surface area contributed by atoms with Gasteiger partial charge >= 0.3 is 5.97 Å². The topological polar surface area (TPSA) is 113 Å². The van der Waals surface area contributed by atoms with Crippen LogP contribution in [0.4, 0.5) is 4.79 Å². The van der Waals surface area contributed by atoms with E-state index in [9.17, 15) is 19.2 Å². The molecule has 0 bridgehead atoms. The molecule has 0 aromatic heterocycles. The Morgan fingerprint density at radius 3 is 2.46 bits per heavy atom. The summed E-state index contributed by atoms with van der Waals surface area (Å²) in [5.74, 6) is -0.879. The summed E-state index contributed by atoms with van der Waals surface area (Å²) >= 11 is 4.27. The number of thioether (sulfide) groups is 1. The van der Waals surface area contributed by atoms with Crippen LogP contribution in [-0.4, -0.2) is 64.7 Å². The number of hydrogen-bond acceptors (Lipinski definition) is 7. The van der Waals surface area contributed by atoms with Crippen molar-refractivity contribution in [2.75, 3.05) is 26.7 Å². The molecule has 2 fully saturated rings. The van der Waals surface area contributed by atoms with E-state index in [2.05, 4.69) is 15.9 Å². The number of aromatic carboxylic acids is 1. The fourth-order valence-corrected chi connectivity index (χ4v) is 5.44. The van der Waals surface area contributed by atoms with Gasteiger partial charge in [-0.1, -0.05) is 12.1 Å². The van der Waals surface area contributed by atoms with Gasteiger partial charge in [0.1, 0.15) is 13.2 Å². The molecular weight excluding hydrogens is 564 g/mol. The predicted molar refractivity (Wildman–Crippen MR) is 142 cm³/mol. The van der Waals surface area contributed by atoms with Crippen LogP contribution in [0.25, 0.3) is 6.08 Å². The Hall–Kier alpha value is -3.31. The minimum absolute atomic E-state index is 0.179. The molecule has 2 heterocycles. The third-order valence-corrected chi connectivity index (χ3v) is 7.51. The van der Waals surface area contributed by atoms with Gasteiger partial charge in [0.15, 0.2) is 11.5 Å². The number of amides is 3. The normalized spacial score (nSPS) is 16.9. The number of halogens is 1. The summed E-state index contributed by atoms with van der Waals surface area (Å²) in [5.41, 5.74) is 1.57. The number of hydrogen-bond donors (Lipinski definition) is 1. The number of carbonyl (C=O) groups excluding carboxylic acids is 3. The van der Waals surface area contributed by atoms with Crippen molar-refractivity contribution in [1.82, 2.24) is 9.80 Å². The summed E-state index contributed by atoms with van der Waals surface area (Å²) in [5, 5.41) is 8.56. The van der Waals surface area contributed by atoms with Gasteiger partial charge in [-0.25, -0.2) is 4.79 Å². The lowest BCUT2D eigenvalue weighted by Crippen LogP contribution is -2.44. The fraction of sp³-hybridized carbons (Fsp3) is 0.308. The van der Waals surface area contributed by atoms with Crippen LogP contribution in [0, 0.1) is 0 Å². The molecule has 0 atom stereocenters. The quantitative estimate of drug-likeness (QED) is 0.438. The number of carbonyl (C=O) groups is 4. The lowest BCUT2D eigenvalue weighted by Gasteiger charge is -2.27. The van der Waals surface area contributed by atoms with Crippen molar-refractivity contribution in [1.29, 1.82) is 0 Å². The molecule has 0 aliphatic carbocycles. The van der Waals surface area contributed by atoms with Crippen molar-refractivity contribution in [3.05, 3.63) is 62.5 Å². The summed E-state index contributed by atoms with van der Waals surface area (Å²) in [6.45, 7) is 1.23. The van der Waals surface area contributed by atoms with Crippen molar-refractivity contribution >= 4 is 56.8 Å². The largest absolute Gasteiger partial charge is 0.493 e. The van der Waals surface area contributed by atoms with E-state index >= 15 is 0 Å². The SMILES string of the molecule is COc1cc(/C=C2\SC(=O)N(CC(=O)N3CCCCC3)C2=O)cc(Br)c1OCc1ccc(C(=O)O)cc1. The number of rotatable bonds is 8. The summed E-state index contributed by atoms with van der Waals surface area (Å²) in [7, 11) is 1.49. The second-order valence-electron chi connectivity index (χ2n) is 8.53. The van der Waals surface area contributed by atoms with E-state index in [0.717, 1.165) is 41.5 Å². The Balaban J connectivity index is 1.46. The molecule has 0 spiro atoms. The second-order valence-corrected chi connectivity index (χ2v) is 10.4. The molecule has 4 rings (SSSR count). The Labute approximate surface area is 226 Å². The average Bonchev–Trinajstić information content (AvgIpc) is 3.15. The lowest BCUT2D eigenvalue weighted by molar-refractivity contribution is -0.136. The number of likely N-dealkylation sites (tertiary alicyclic amines) is 1. The van der Waals surface area contributed by atoms with Crippen molar-refractivity contribution in [3.63, 3.8) is 0 Å². The van der Waals surface area contributed by atoms with E-state index in [1.54, 1.807) is 35.2 Å². The van der Waals surface area contributed by atoms with Crippen LogP contribution < -0.4 is 9.47 Å². The van der Waals surface area contributed by atoms with Gasteiger partial charge in [-0.05, 0) is 88.4 Å². The fourth-order valence-electron chi connectivity index (χ4n) is 4.03. The summed E-state index contributed by atoms with van der Waals surface area (Å²) in [6, 6.07) is 9.76. The molecule has 2 aliphatic heterocycles. The predicted octanol–water partition coefficient (Wildman–Crippen LogP) is 4.78. The number of piperidine rings is 1. The molecule has 2 aliphatic rings. The van der Waals surface area contributed by atoms with E-state index in [4.69, 9.17) is 14.6 Å². The van der Waals surface area contributed by atoms with Crippen molar-refractivity contribution in [2.24, 2.45) is 0 Å². The van der Waals surface area contributed by atoms with Gasteiger partial charge in [0.05, 0.1) is 22.1 Å². The highest BCUT2D eigenvalue weighted by atomic mass is 79.9. The van der Waals surface area contributed by atoms with Crippen LogP contribution in [0.3, 0.4) is 0 Å². The van der Waals surface area contributed by atoms with Crippen molar-refractivity contribution in [3.8, 4) is 11.5 Å². The van der Waals surface area contributed by atoms with E-state index < -0.39 is 17.1 Å². The number of ether oxygens (including phenoxy) is 2. The standard InChI is InChI=1S/C26H25BrN2O7S/c1-35-20-12-17(11-19(27)23(20)36-15-16-5-7-18(8-6-16)25(32)33)13-21-24(31)29(26(34)37-21)14-22(30)28-9-3-2-4-10-28/h5-8,11-13H,2-4,9-10,14-15H2,1H3,(H,32,33)/b21-13-.